The number of nitrogens with two attached hydrogens (primary N) is 1. The molecule has 1 aromatic carbocycles. The van der Waals surface area contributed by atoms with Crippen LogP contribution in [0, 0.1) is 5.82 Å². The van der Waals surface area contributed by atoms with Crippen LogP contribution in [0.1, 0.15) is 0 Å². The molecule has 8 heteroatoms. The molecular formula is C11H10FN3O4. The minimum atomic E-state index is -0.734. The van der Waals surface area contributed by atoms with Crippen molar-refractivity contribution in [2.75, 3.05) is 18.9 Å². The van der Waals surface area contributed by atoms with Gasteiger partial charge in [0.2, 0.25) is 0 Å². The molecule has 0 amide bonds. The van der Waals surface area contributed by atoms with E-state index >= 15 is 0 Å². The topological polar surface area (TPSA) is 103 Å². The number of hydrogen-bond acceptors (Lipinski definition) is 6. The number of benzene rings is 1. The number of aromatic nitrogens is 2. The summed E-state index contributed by atoms with van der Waals surface area (Å²) < 4.78 is 28.5. The Hall–Kier alpha value is -2.35. The van der Waals surface area contributed by atoms with Crippen molar-refractivity contribution in [1.29, 1.82) is 0 Å². The van der Waals surface area contributed by atoms with Crippen LogP contribution in [0.25, 0.3) is 11.4 Å². The van der Waals surface area contributed by atoms with E-state index in [9.17, 15) is 9.18 Å². The maximum Gasteiger partial charge on any atom is 0.439 e. The first-order valence-electron chi connectivity index (χ1n) is 5.53. The summed E-state index contributed by atoms with van der Waals surface area (Å²) in [5, 5.41) is 3.46. The number of aromatic amines is 1. The van der Waals surface area contributed by atoms with Crippen LogP contribution >= 0.6 is 0 Å². The summed E-state index contributed by atoms with van der Waals surface area (Å²) in [5.41, 5.74) is 6.25. The van der Waals surface area contributed by atoms with E-state index in [0.29, 0.717) is 13.2 Å². The lowest BCUT2D eigenvalue weighted by Gasteiger charge is -2.27. The van der Waals surface area contributed by atoms with E-state index in [-0.39, 0.29) is 28.9 Å². The van der Waals surface area contributed by atoms with Gasteiger partial charge in [0.15, 0.2) is 17.4 Å². The van der Waals surface area contributed by atoms with Gasteiger partial charge in [-0.2, -0.15) is 0 Å². The number of rotatable bonds is 3. The maximum absolute atomic E-state index is 13.9. The van der Waals surface area contributed by atoms with Crippen LogP contribution in [-0.4, -0.2) is 29.5 Å². The van der Waals surface area contributed by atoms with Gasteiger partial charge in [-0.25, -0.2) is 9.18 Å². The number of nitrogens with zero attached hydrogens (tertiary/aromatic N) is 1. The molecule has 0 bridgehead atoms. The zero-order valence-corrected chi connectivity index (χ0v) is 9.68. The molecule has 1 saturated heterocycles. The summed E-state index contributed by atoms with van der Waals surface area (Å²) >= 11 is 0. The molecule has 1 aliphatic heterocycles. The van der Waals surface area contributed by atoms with E-state index in [2.05, 4.69) is 14.7 Å². The Kier molecular flexibility index (Phi) is 2.71. The van der Waals surface area contributed by atoms with Gasteiger partial charge in [-0.05, 0) is 6.07 Å². The summed E-state index contributed by atoms with van der Waals surface area (Å²) in [6.45, 7) is 0.857. The van der Waals surface area contributed by atoms with Gasteiger partial charge in [0.05, 0.1) is 13.2 Å². The standard InChI is InChI=1S/C11H10FN3O4/c12-7-1-6(10-14-11(16)19-15-10)8(13)2-9(7)18-5-3-17-4-5/h1-2,5H,3-4,13H2,(H,14,15,16). The van der Waals surface area contributed by atoms with Crippen molar-refractivity contribution in [3.8, 4) is 17.1 Å². The van der Waals surface area contributed by atoms with Gasteiger partial charge in [0.1, 0.15) is 6.10 Å². The zero-order valence-electron chi connectivity index (χ0n) is 9.68. The summed E-state index contributed by atoms with van der Waals surface area (Å²) in [7, 11) is 0. The largest absolute Gasteiger partial charge is 0.482 e. The number of H-pyrrole nitrogens is 1. The molecule has 3 N–H and O–H groups in total. The van der Waals surface area contributed by atoms with Crippen LogP contribution in [0.4, 0.5) is 10.1 Å². The van der Waals surface area contributed by atoms with Gasteiger partial charge in [-0.3, -0.25) is 9.51 Å². The molecule has 0 radical (unpaired) electrons. The highest BCUT2D eigenvalue weighted by atomic mass is 19.1. The SMILES string of the molecule is Nc1cc(OC2COC2)c(F)cc1-c1noc(=O)[nH]1. The van der Waals surface area contributed by atoms with E-state index in [1.165, 1.54) is 6.07 Å². The van der Waals surface area contributed by atoms with Gasteiger partial charge < -0.3 is 15.2 Å². The smallest absolute Gasteiger partial charge is 0.439 e. The minimum Gasteiger partial charge on any atom is -0.482 e. The third kappa shape index (κ3) is 2.17. The van der Waals surface area contributed by atoms with E-state index < -0.39 is 11.6 Å². The molecule has 1 aliphatic rings. The summed E-state index contributed by atoms with van der Waals surface area (Å²) in [6, 6.07) is 2.48. The summed E-state index contributed by atoms with van der Waals surface area (Å²) in [4.78, 5) is 13.2. The number of hydrogen-bond donors (Lipinski definition) is 2. The fraction of sp³-hybridized carbons (Fsp3) is 0.273. The van der Waals surface area contributed by atoms with Crippen LogP contribution in [-0.2, 0) is 4.74 Å². The zero-order chi connectivity index (χ0) is 13.4. The second-order valence-corrected chi connectivity index (χ2v) is 4.09. The minimum absolute atomic E-state index is 0.0420. The van der Waals surface area contributed by atoms with Crippen LogP contribution in [0.15, 0.2) is 21.5 Å². The number of nitrogen functional groups attached to an aromatic ring is 1. The first-order chi connectivity index (χ1) is 9.13. The fourth-order valence-corrected chi connectivity index (χ4v) is 1.67. The Bertz CT molecular complexity index is 662. The van der Waals surface area contributed by atoms with E-state index in [4.69, 9.17) is 15.2 Å². The Morgan fingerprint density at radius 2 is 2.26 bits per heavy atom. The molecule has 100 valence electrons. The lowest BCUT2D eigenvalue weighted by Crippen LogP contribution is -2.38. The molecule has 1 fully saturated rings. The van der Waals surface area contributed by atoms with Gasteiger partial charge in [-0.15, -0.1) is 0 Å². The average molecular weight is 267 g/mol. The molecule has 0 unspecified atom stereocenters. The molecule has 0 atom stereocenters. The lowest BCUT2D eigenvalue weighted by atomic mass is 10.1. The normalized spacial score (nSPS) is 15.2. The highest BCUT2D eigenvalue weighted by Crippen LogP contribution is 2.30. The van der Waals surface area contributed by atoms with E-state index in [0.717, 1.165) is 6.07 Å². The van der Waals surface area contributed by atoms with Crippen LogP contribution < -0.4 is 16.2 Å². The Balaban J connectivity index is 1.94. The average Bonchev–Trinajstić information content (AvgIpc) is 2.74. The number of ether oxygens (including phenoxy) is 2. The second kappa shape index (κ2) is 4.39. The van der Waals surface area contributed by atoms with Crippen molar-refractivity contribution < 1.29 is 18.4 Å². The Labute approximate surface area is 106 Å². The van der Waals surface area contributed by atoms with E-state index in [1.807, 2.05) is 0 Å². The predicted molar refractivity (Wildman–Crippen MR) is 62.2 cm³/mol. The maximum atomic E-state index is 13.9. The third-order valence-corrected chi connectivity index (χ3v) is 2.70. The highest BCUT2D eigenvalue weighted by molar-refractivity contribution is 5.72. The molecule has 0 aliphatic carbocycles. The van der Waals surface area contributed by atoms with Crippen LogP contribution in [0.3, 0.4) is 0 Å². The Morgan fingerprint density at radius 1 is 1.47 bits per heavy atom. The van der Waals surface area contributed by atoms with Crippen molar-refractivity contribution in [1.82, 2.24) is 10.1 Å². The first-order valence-corrected chi connectivity index (χ1v) is 5.53. The molecule has 2 heterocycles. The van der Waals surface area contributed by atoms with Gasteiger partial charge in [-0.1, -0.05) is 5.16 Å². The fourth-order valence-electron chi connectivity index (χ4n) is 1.67. The predicted octanol–water partition coefficient (Wildman–Crippen LogP) is 0.529. The molecule has 1 aromatic heterocycles. The highest BCUT2D eigenvalue weighted by Gasteiger charge is 2.22. The number of anilines is 1. The van der Waals surface area contributed by atoms with Crippen LogP contribution in [0.2, 0.25) is 0 Å². The lowest BCUT2D eigenvalue weighted by molar-refractivity contribution is -0.0808. The number of halogens is 1. The second-order valence-electron chi connectivity index (χ2n) is 4.09. The van der Waals surface area contributed by atoms with Gasteiger partial charge in [0.25, 0.3) is 0 Å². The molecule has 3 rings (SSSR count). The molecule has 2 aromatic rings. The van der Waals surface area contributed by atoms with E-state index in [1.54, 1.807) is 0 Å². The van der Waals surface area contributed by atoms with Gasteiger partial charge in [0, 0.05) is 17.3 Å². The molecule has 7 nitrogen and oxygen atoms in total. The van der Waals surface area contributed by atoms with Crippen molar-refractivity contribution >= 4 is 5.69 Å². The van der Waals surface area contributed by atoms with Gasteiger partial charge >= 0.3 is 5.76 Å². The quantitative estimate of drug-likeness (QED) is 0.786. The molecule has 0 spiro atoms. The van der Waals surface area contributed by atoms with Crippen molar-refractivity contribution in [3.05, 3.63) is 28.5 Å². The molecule has 19 heavy (non-hydrogen) atoms. The third-order valence-electron chi connectivity index (χ3n) is 2.70. The van der Waals surface area contributed by atoms with Crippen molar-refractivity contribution in [2.24, 2.45) is 0 Å². The monoisotopic (exact) mass is 267 g/mol. The number of nitrogens with one attached hydrogen (secondary N) is 1. The van der Waals surface area contributed by atoms with Crippen LogP contribution in [0.5, 0.6) is 5.75 Å². The summed E-state index contributed by atoms with van der Waals surface area (Å²) in [5.74, 6) is -1.22. The van der Waals surface area contributed by atoms with Crippen molar-refractivity contribution in [3.63, 3.8) is 0 Å². The molecular weight excluding hydrogens is 257 g/mol. The summed E-state index contributed by atoms with van der Waals surface area (Å²) in [6.07, 6.45) is -0.161. The Morgan fingerprint density at radius 3 is 2.84 bits per heavy atom. The first kappa shape index (κ1) is 11.7. The molecule has 0 saturated carbocycles. The van der Waals surface area contributed by atoms with Crippen molar-refractivity contribution in [2.45, 2.75) is 6.10 Å².